The average Bonchev–Trinajstić information content (AvgIpc) is 2.52. The van der Waals surface area contributed by atoms with Gasteiger partial charge >= 0.3 is 6.09 Å². The molecule has 1 fully saturated rings. The predicted octanol–water partition coefficient (Wildman–Crippen LogP) is 2.80. The van der Waals surface area contributed by atoms with E-state index in [1.807, 2.05) is 20.8 Å². The molecular weight excluding hydrogens is 304 g/mol. The number of alkyl carbamates (subject to hydrolysis) is 1. The van der Waals surface area contributed by atoms with Crippen LogP contribution in [-0.4, -0.2) is 41.6 Å². The molecule has 0 aliphatic carbocycles. The van der Waals surface area contributed by atoms with E-state index in [-0.39, 0.29) is 11.9 Å². The highest BCUT2D eigenvalue weighted by atomic mass is 16.6. The summed E-state index contributed by atoms with van der Waals surface area (Å²) in [6, 6.07) is 6.90. The van der Waals surface area contributed by atoms with E-state index in [0.717, 1.165) is 18.4 Å². The Labute approximate surface area is 143 Å². The highest BCUT2D eigenvalue weighted by molar-refractivity contribution is 5.94. The second-order valence-corrected chi connectivity index (χ2v) is 6.96. The number of benzene rings is 1. The number of nitrogens with zero attached hydrogens (tertiary/aromatic N) is 1. The summed E-state index contributed by atoms with van der Waals surface area (Å²) < 4.78 is 5.27. The highest BCUT2D eigenvalue weighted by Crippen LogP contribution is 2.15. The number of rotatable bonds is 2. The minimum Gasteiger partial charge on any atom is -0.444 e. The normalized spacial score (nSPS) is 17.8. The Kier molecular flexibility index (Phi) is 5.50. The first-order valence-corrected chi connectivity index (χ1v) is 8.14. The summed E-state index contributed by atoms with van der Waals surface area (Å²) in [4.78, 5) is 26.2. The lowest BCUT2D eigenvalue weighted by Crippen LogP contribution is -2.50. The second-order valence-electron chi connectivity index (χ2n) is 6.96. The summed E-state index contributed by atoms with van der Waals surface area (Å²) in [6.45, 7) is 6.63. The Morgan fingerprint density at radius 3 is 2.54 bits per heavy atom. The lowest BCUT2D eigenvalue weighted by molar-refractivity contribution is 0.0452. The molecule has 0 bridgehead atoms. The molecule has 128 valence electrons. The van der Waals surface area contributed by atoms with Gasteiger partial charge in [-0.1, -0.05) is 5.92 Å². The molecule has 1 aliphatic heterocycles. The molecule has 5 nitrogen and oxygen atoms in total. The maximum absolute atomic E-state index is 12.6. The molecule has 0 spiro atoms. The van der Waals surface area contributed by atoms with E-state index in [4.69, 9.17) is 11.2 Å². The summed E-state index contributed by atoms with van der Waals surface area (Å²) in [5.41, 5.74) is 0.814. The second kappa shape index (κ2) is 7.39. The first-order chi connectivity index (χ1) is 11.3. The number of hydrogen-bond donors (Lipinski definition) is 1. The first kappa shape index (κ1) is 17.9. The molecule has 0 saturated carbocycles. The monoisotopic (exact) mass is 328 g/mol. The van der Waals surface area contributed by atoms with Gasteiger partial charge in [0, 0.05) is 30.3 Å². The van der Waals surface area contributed by atoms with Crippen LogP contribution >= 0.6 is 0 Å². The van der Waals surface area contributed by atoms with Crippen LogP contribution in [0.3, 0.4) is 0 Å². The first-order valence-electron chi connectivity index (χ1n) is 8.14. The van der Waals surface area contributed by atoms with Crippen LogP contribution in [0, 0.1) is 12.3 Å². The number of piperidine rings is 1. The van der Waals surface area contributed by atoms with Gasteiger partial charge in [0.25, 0.3) is 5.91 Å². The van der Waals surface area contributed by atoms with E-state index < -0.39 is 11.7 Å². The minimum absolute atomic E-state index is 0.0470. The molecule has 2 rings (SSSR count). The van der Waals surface area contributed by atoms with Crippen LogP contribution in [0.25, 0.3) is 0 Å². The quantitative estimate of drug-likeness (QED) is 0.849. The fourth-order valence-corrected chi connectivity index (χ4v) is 2.65. The molecule has 24 heavy (non-hydrogen) atoms. The molecule has 1 aromatic carbocycles. The fourth-order valence-electron chi connectivity index (χ4n) is 2.65. The van der Waals surface area contributed by atoms with Crippen molar-refractivity contribution < 1.29 is 14.3 Å². The molecule has 0 radical (unpaired) electrons. The van der Waals surface area contributed by atoms with Crippen LogP contribution in [0.1, 0.15) is 49.5 Å². The Bertz CT molecular complexity index is 638. The molecule has 1 aliphatic rings. The van der Waals surface area contributed by atoms with Crippen LogP contribution in [0.15, 0.2) is 24.3 Å². The van der Waals surface area contributed by atoms with Gasteiger partial charge in [-0.25, -0.2) is 4.79 Å². The van der Waals surface area contributed by atoms with E-state index in [9.17, 15) is 9.59 Å². The van der Waals surface area contributed by atoms with Crippen LogP contribution in [0.4, 0.5) is 4.79 Å². The van der Waals surface area contributed by atoms with Gasteiger partial charge in [-0.3, -0.25) is 4.79 Å². The van der Waals surface area contributed by atoms with Crippen molar-refractivity contribution in [3.63, 3.8) is 0 Å². The maximum atomic E-state index is 12.6. The van der Waals surface area contributed by atoms with Gasteiger partial charge in [0.2, 0.25) is 0 Å². The van der Waals surface area contributed by atoms with Crippen molar-refractivity contribution in [3.8, 4) is 12.3 Å². The summed E-state index contributed by atoms with van der Waals surface area (Å²) in [6.07, 6.45) is 6.56. The topological polar surface area (TPSA) is 58.6 Å². The predicted molar refractivity (Wildman–Crippen MR) is 92.7 cm³/mol. The number of likely N-dealkylation sites (tertiary alicyclic amines) is 1. The van der Waals surface area contributed by atoms with Crippen molar-refractivity contribution in [1.29, 1.82) is 0 Å². The Morgan fingerprint density at radius 2 is 1.96 bits per heavy atom. The number of hydrogen-bond acceptors (Lipinski definition) is 3. The summed E-state index contributed by atoms with van der Waals surface area (Å²) in [5.74, 6) is 2.49. The van der Waals surface area contributed by atoms with Crippen LogP contribution in [0.5, 0.6) is 0 Å². The van der Waals surface area contributed by atoms with Gasteiger partial charge in [-0.15, -0.1) is 6.42 Å². The van der Waals surface area contributed by atoms with E-state index in [1.165, 1.54) is 0 Å². The van der Waals surface area contributed by atoms with Gasteiger partial charge in [-0.2, -0.15) is 0 Å². The van der Waals surface area contributed by atoms with E-state index in [0.29, 0.717) is 18.7 Å². The van der Waals surface area contributed by atoms with E-state index >= 15 is 0 Å². The highest BCUT2D eigenvalue weighted by Gasteiger charge is 2.27. The lowest BCUT2D eigenvalue weighted by Gasteiger charge is -2.33. The molecule has 1 unspecified atom stereocenters. The van der Waals surface area contributed by atoms with Gasteiger partial charge in [0.1, 0.15) is 5.60 Å². The number of terminal acetylenes is 1. The molecule has 1 heterocycles. The van der Waals surface area contributed by atoms with Crippen molar-refractivity contribution >= 4 is 12.0 Å². The summed E-state index contributed by atoms with van der Waals surface area (Å²) >= 11 is 0. The molecule has 1 atom stereocenters. The number of nitrogens with one attached hydrogen (secondary N) is 1. The van der Waals surface area contributed by atoms with Crippen LogP contribution in [0.2, 0.25) is 0 Å². The third-order valence-corrected chi connectivity index (χ3v) is 3.73. The van der Waals surface area contributed by atoms with Crippen molar-refractivity contribution in [2.24, 2.45) is 0 Å². The Balaban J connectivity index is 1.95. The molecule has 1 aromatic rings. The van der Waals surface area contributed by atoms with Crippen molar-refractivity contribution in [2.45, 2.75) is 45.3 Å². The van der Waals surface area contributed by atoms with Gasteiger partial charge < -0.3 is 15.0 Å². The average molecular weight is 328 g/mol. The van der Waals surface area contributed by atoms with Crippen molar-refractivity contribution in [3.05, 3.63) is 35.4 Å². The molecule has 1 N–H and O–H groups in total. The zero-order valence-electron chi connectivity index (χ0n) is 14.5. The zero-order valence-corrected chi connectivity index (χ0v) is 14.5. The molecular formula is C19H24N2O3. The maximum Gasteiger partial charge on any atom is 0.407 e. The minimum atomic E-state index is -0.535. The Hall–Kier alpha value is -2.48. The summed E-state index contributed by atoms with van der Waals surface area (Å²) in [5, 5.41) is 2.85. The van der Waals surface area contributed by atoms with Crippen molar-refractivity contribution in [2.75, 3.05) is 13.1 Å². The van der Waals surface area contributed by atoms with Crippen molar-refractivity contribution in [1.82, 2.24) is 10.2 Å². The Morgan fingerprint density at radius 1 is 1.29 bits per heavy atom. The number of carbonyl (C=O) groups is 2. The fraction of sp³-hybridized carbons (Fsp3) is 0.474. The number of ether oxygens (including phenoxy) is 1. The largest absolute Gasteiger partial charge is 0.444 e. The van der Waals surface area contributed by atoms with Gasteiger partial charge in [-0.05, 0) is 57.9 Å². The molecule has 5 heteroatoms. The molecule has 1 saturated heterocycles. The zero-order chi connectivity index (χ0) is 17.7. The van der Waals surface area contributed by atoms with Gasteiger partial charge in [0.15, 0.2) is 0 Å². The third-order valence-electron chi connectivity index (χ3n) is 3.73. The van der Waals surface area contributed by atoms with Crippen LogP contribution in [-0.2, 0) is 4.74 Å². The smallest absolute Gasteiger partial charge is 0.407 e. The standard InChI is InChI=1S/C19H24N2O3/c1-5-14-8-10-15(11-9-14)17(22)21-12-6-7-16(13-21)20-18(23)24-19(2,3)4/h1,8-11,16H,6-7,12-13H2,2-4H3,(H,20,23). The van der Waals surface area contributed by atoms with E-state index in [1.54, 1.807) is 29.2 Å². The SMILES string of the molecule is C#Cc1ccc(C(=O)N2CCCC(NC(=O)OC(C)(C)C)C2)cc1. The lowest BCUT2D eigenvalue weighted by atomic mass is 10.0. The summed E-state index contributed by atoms with van der Waals surface area (Å²) in [7, 11) is 0. The number of carbonyl (C=O) groups excluding carboxylic acids is 2. The third kappa shape index (κ3) is 5.02. The van der Waals surface area contributed by atoms with Crippen LogP contribution < -0.4 is 5.32 Å². The molecule has 2 amide bonds. The van der Waals surface area contributed by atoms with Gasteiger partial charge in [0.05, 0.1) is 0 Å². The van der Waals surface area contributed by atoms with E-state index in [2.05, 4.69) is 11.2 Å². The number of amides is 2. The molecule has 0 aromatic heterocycles.